The fourth-order valence-corrected chi connectivity index (χ4v) is 3.34. The maximum atomic E-state index is 12.1. The van der Waals surface area contributed by atoms with Gasteiger partial charge in [-0.05, 0) is 0 Å². The second kappa shape index (κ2) is 6.19. The van der Waals surface area contributed by atoms with E-state index in [1.807, 2.05) is 4.90 Å². The first-order chi connectivity index (χ1) is 9.36. The van der Waals surface area contributed by atoms with Crippen molar-refractivity contribution in [3.8, 4) is 0 Å². The number of amides is 1. The van der Waals surface area contributed by atoms with Gasteiger partial charge in [-0.1, -0.05) is 0 Å². The summed E-state index contributed by atoms with van der Waals surface area (Å²) >= 11 is 0. The van der Waals surface area contributed by atoms with Crippen LogP contribution < -0.4 is 0 Å². The van der Waals surface area contributed by atoms with E-state index in [4.69, 9.17) is 0 Å². The lowest BCUT2D eigenvalue weighted by Gasteiger charge is -2.34. The Morgan fingerprint density at radius 2 is 1.60 bits per heavy atom. The second-order valence-electron chi connectivity index (χ2n) is 5.36. The van der Waals surface area contributed by atoms with Gasteiger partial charge in [0.2, 0.25) is 15.9 Å². The molecule has 8 heteroatoms. The van der Waals surface area contributed by atoms with Crippen LogP contribution >= 0.6 is 0 Å². The highest BCUT2D eigenvalue weighted by molar-refractivity contribution is 7.88. The number of likely N-dealkylation sites (tertiary alicyclic amines) is 1. The van der Waals surface area contributed by atoms with Crippen LogP contribution in [0.5, 0.6) is 0 Å². The molecule has 0 aromatic carbocycles. The van der Waals surface area contributed by atoms with Crippen LogP contribution in [0.2, 0.25) is 0 Å². The molecule has 20 heavy (non-hydrogen) atoms. The number of nitrogens with zero attached hydrogens (tertiary/aromatic N) is 3. The van der Waals surface area contributed by atoms with Gasteiger partial charge in [-0.15, -0.1) is 0 Å². The van der Waals surface area contributed by atoms with Crippen LogP contribution in [0.4, 0.5) is 0 Å². The number of sulfonamides is 1. The molecule has 0 aromatic rings. The van der Waals surface area contributed by atoms with Gasteiger partial charge in [0, 0.05) is 52.1 Å². The predicted octanol–water partition coefficient (Wildman–Crippen LogP) is -1.24. The Balaban J connectivity index is 1.78. The molecule has 2 aliphatic rings. The normalized spacial score (nSPS) is 23.1. The van der Waals surface area contributed by atoms with E-state index in [1.54, 1.807) is 4.90 Å². The van der Waals surface area contributed by atoms with Gasteiger partial charge in [0.05, 0.1) is 12.8 Å². The molecule has 1 amide bonds. The van der Waals surface area contributed by atoms with Crippen molar-refractivity contribution in [3.05, 3.63) is 0 Å². The lowest BCUT2D eigenvalue weighted by Crippen LogP contribution is -2.52. The second-order valence-corrected chi connectivity index (χ2v) is 7.34. The van der Waals surface area contributed by atoms with E-state index in [2.05, 4.69) is 0 Å². The molecule has 2 fully saturated rings. The van der Waals surface area contributed by atoms with E-state index in [9.17, 15) is 18.0 Å². The van der Waals surface area contributed by atoms with Crippen LogP contribution in [0, 0.1) is 0 Å². The molecule has 2 rings (SSSR count). The monoisotopic (exact) mass is 303 g/mol. The van der Waals surface area contributed by atoms with Crippen LogP contribution in [0.15, 0.2) is 0 Å². The third kappa shape index (κ3) is 4.00. The number of Topliss-reactive ketones (excluding diaryl/α,β-unsaturated/α-hetero) is 1. The lowest BCUT2D eigenvalue weighted by atomic mass is 10.1. The van der Waals surface area contributed by atoms with E-state index in [-0.39, 0.29) is 11.7 Å². The Labute approximate surface area is 119 Å². The largest absolute Gasteiger partial charge is 0.341 e. The maximum absolute atomic E-state index is 12.1. The number of carbonyl (C=O) groups is 2. The third-order valence-corrected chi connectivity index (χ3v) is 5.14. The van der Waals surface area contributed by atoms with Crippen LogP contribution in [0.1, 0.15) is 12.8 Å². The van der Waals surface area contributed by atoms with Crippen molar-refractivity contribution in [1.29, 1.82) is 0 Å². The molecule has 0 aliphatic carbocycles. The highest BCUT2D eigenvalue weighted by Gasteiger charge is 2.27. The molecule has 0 radical (unpaired) electrons. The zero-order valence-electron chi connectivity index (χ0n) is 11.7. The molecule has 7 nitrogen and oxygen atoms in total. The van der Waals surface area contributed by atoms with Gasteiger partial charge in [-0.25, -0.2) is 8.42 Å². The Hall–Kier alpha value is -0.990. The fraction of sp³-hybridized carbons (Fsp3) is 0.833. The van der Waals surface area contributed by atoms with E-state index < -0.39 is 10.0 Å². The molecular formula is C12H21N3O4S. The smallest absolute Gasteiger partial charge is 0.236 e. The van der Waals surface area contributed by atoms with Crippen molar-refractivity contribution in [2.24, 2.45) is 0 Å². The Bertz CT molecular complexity index is 473. The topological polar surface area (TPSA) is 78.0 Å². The molecule has 0 spiro atoms. The van der Waals surface area contributed by atoms with Crippen LogP contribution in [-0.4, -0.2) is 86.3 Å². The molecule has 0 N–H and O–H groups in total. The van der Waals surface area contributed by atoms with Crippen molar-refractivity contribution < 1.29 is 18.0 Å². The van der Waals surface area contributed by atoms with Crippen LogP contribution in [-0.2, 0) is 19.6 Å². The van der Waals surface area contributed by atoms with E-state index in [1.165, 1.54) is 10.6 Å². The first-order valence-corrected chi connectivity index (χ1v) is 8.68. The summed E-state index contributed by atoms with van der Waals surface area (Å²) in [5, 5.41) is 0. The molecule has 0 unspecified atom stereocenters. The first-order valence-electron chi connectivity index (χ1n) is 6.83. The zero-order valence-corrected chi connectivity index (χ0v) is 12.6. The Morgan fingerprint density at radius 3 is 2.10 bits per heavy atom. The van der Waals surface area contributed by atoms with Gasteiger partial charge >= 0.3 is 0 Å². The molecule has 114 valence electrons. The van der Waals surface area contributed by atoms with Gasteiger partial charge in [-0.2, -0.15) is 4.31 Å². The number of carbonyl (C=O) groups excluding carboxylic acids is 2. The van der Waals surface area contributed by atoms with Crippen molar-refractivity contribution in [1.82, 2.24) is 14.1 Å². The number of rotatable bonds is 3. The summed E-state index contributed by atoms with van der Waals surface area (Å²) in [6.07, 6.45) is 2.11. The molecule has 0 atom stereocenters. The van der Waals surface area contributed by atoms with Crippen molar-refractivity contribution in [3.63, 3.8) is 0 Å². The van der Waals surface area contributed by atoms with Crippen molar-refractivity contribution >= 4 is 21.7 Å². The summed E-state index contributed by atoms with van der Waals surface area (Å²) in [5.41, 5.74) is 0. The Kier molecular flexibility index (Phi) is 4.77. The van der Waals surface area contributed by atoms with Crippen molar-refractivity contribution in [2.75, 3.05) is 52.1 Å². The minimum atomic E-state index is -3.13. The summed E-state index contributed by atoms with van der Waals surface area (Å²) in [7, 11) is -3.13. The van der Waals surface area contributed by atoms with Crippen molar-refractivity contribution in [2.45, 2.75) is 12.8 Å². The van der Waals surface area contributed by atoms with E-state index in [0.717, 1.165) is 0 Å². The molecule has 0 saturated carbocycles. The summed E-state index contributed by atoms with van der Waals surface area (Å²) in [5.74, 6) is 0.251. The predicted molar refractivity (Wildman–Crippen MR) is 73.7 cm³/mol. The standard InChI is InChI=1S/C12H21N3O4S/c1-20(18,19)15-8-6-13(7-9-15)10-12(17)14-4-2-11(16)3-5-14/h2-10H2,1H3. The van der Waals surface area contributed by atoms with E-state index in [0.29, 0.717) is 58.7 Å². The minimum absolute atomic E-state index is 0.0327. The summed E-state index contributed by atoms with van der Waals surface area (Å²) in [6.45, 7) is 3.36. The third-order valence-electron chi connectivity index (χ3n) is 3.83. The Morgan fingerprint density at radius 1 is 1.05 bits per heavy atom. The fourth-order valence-electron chi connectivity index (χ4n) is 2.52. The highest BCUT2D eigenvalue weighted by Crippen LogP contribution is 2.09. The first kappa shape index (κ1) is 15.4. The number of hydrogen-bond acceptors (Lipinski definition) is 5. The van der Waals surface area contributed by atoms with Gasteiger partial charge in [0.15, 0.2) is 0 Å². The maximum Gasteiger partial charge on any atom is 0.236 e. The average molecular weight is 303 g/mol. The van der Waals surface area contributed by atoms with Crippen LogP contribution in [0.25, 0.3) is 0 Å². The molecule has 0 bridgehead atoms. The van der Waals surface area contributed by atoms with E-state index >= 15 is 0 Å². The summed E-state index contributed by atoms with van der Waals surface area (Å²) < 4.78 is 24.2. The number of piperazine rings is 1. The number of piperidine rings is 1. The highest BCUT2D eigenvalue weighted by atomic mass is 32.2. The summed E-state index contributed by atoms with van der Waals surface area (Å²) in [6, 6.07) is 0. The average Bonchev–Trinajstić information content (AvgIpc) is 2.39. The zero-order chi connectivity index (χ0) is 14.8. The number of hydrogen-bond donors (Lipinski definition) is 0. The van der Waals surface area contributed by atoms with Gasteiger partial charge in [-0.3, -0.25) is 14.5 Å². The quantitative estimate of drug-likeness (QED) is 0.651. The molecule has 0 aromatic heterocycles. The van der Waals surface area contributed by atoms with Gasteiger partial charge < -0.3 is 4.90 Å². The molecule has 2 heterocycles. The van der Waals surface area contributed by atoms with Crippen LogP contribution in [0.3, 0.4) is 0 Å². The lowest BCUT2D eigenvalue weighted by molar-refractivity contribution is -0.135. The molecular weight excluding hydrogens is 282 g/mol. The molecule has 2 aliphatic heterocycles. The number of ketones is 1. The molecule has 2 saturated heterocycles. The SMILES string of the molecule is CS(=O)(=O)N1CCN(CC(=O)N2CCC(=O)CC2)CC1. The summed E-state index contributed by atoms with van der Waals surface area (Å²) in [4.78, 5) is 26.9. The van der Waals surface area contributed by atoms with Gasteiger partial charge in [0.25, 0.3) is 0 Å². The minimum Gasteiger partial charge on any atom is -0.341 e. The van der Waals surface area contributed by atoms with Gasteiger partial charge in [0.1, 0.15) is 5.78 Å².